The van der Waals surface area contributed by atoms with Crippen LogP contribution in [0.5, 0.6) is 0 Å². The molecule has 0 saturated heterocycles. The van der Waals surface area contributed by atoms with E-state index in [1.54, 1.807) is 0 Å². The maximum absolute atomic E-state index is 5.75. The summed E-state index contributed by atoms with van der Waals surface area (Å²) in [6.45, 7) is 10.9. The van der Waals surface area contributed by atoms with Gasteiger partial charge in [-0.2, -0.15) is 0 Å². The van der Waals surface area contributed by atoms with Gasteiger partial charge in [0.2, 0.25) is 0 Å². The number of unbranched alkanes of at least 4 members (excludes halogenated alkanes) is 2. The van der Waals surface area contributed by atoms with Gasteiger partial charge in [-0.15, -0.1) is 0 Å². The van der Waals surface area contributed by atoms with E-state index in [9.17, 15) is 0 Å². The topological polar surface area (TPSA) is 29.3 Å². The highest BCUT2D eigenvalue weighted by Crippen LogP contribution is 2.17. The predicted molar refractivity (Wildman–Crippen MR) is 69.1 cm³/mol. The third kappa shape index (κ3) is 6.91. The van der Waals surface area contributed by atoms with E-state index in [4.69, 9.17) is 5.73 Å². The van der Waals surface area contributed by atoms with E-state index in [0.29, 0.717) is 6.04 Å². The molecule has 0 fully saturated rings. The number of nitrogens with zero attached hydrogens (tertiary/aromatic N) is 1. The Labute approximate surface area is 96.2 Å². The molecule has 0 radical (unpaired) electrons. The van der Waals surface area contributed by atoms with Crippen molar-refractivity contribution < 1.29 is 0 Å². The maximum Gasteiger partial charge on any atom is 0.00641 e. The molecule has 0 amide bonds. The van der Waals surface area contributed by atoms with Gasteiger partial charge in [0.15, 0.2) is 0 Å². The van der Waals surface area contributed by atoms with Gasteiger partial charge in [0.05, 0.1) is 0 Å². The highest BCUT2D eigenvalue weighted by molar-refractivity contribution is 4.75. The molecular weight excluding hydrogens is 184 g/mol. The summed E-state index contributed by atoms with van der Waals surface area (Å²) < 4.78 is 0. The predicted octanol–water partition coefficient (Wildman–Crippen LogP) is 2.87. The van der Waals surface area contributed by atoms with Crippen LogP contribution in [0.3, 0.4) is 0 Å². The van der Waals surface area contributed by atoms with Gasteiger partial charge in [0, 0.05) is 12.6 Å². The minimum absolute atomic E-state index is 0.244. The van der Waals surface area contributed by atoms with Crippen molar-refractivity contribution in [3.05, 3.63) is 0 Å². The van der Waals surface area contributed by atoms with Crippen LogP contribution in [-0.2, 0) is 0 Å². The third-order valence-electron chi connectivity index (χ3n) is 3.21. The zero-order valence-electron chi connectivity index (χ0n) is 11.3. The largest absolute Gasteiger partial charge is 0.330 e. The number of rotatable bonds is 8. The van der Waals surface area contributed by atoms with Crippen LogP contribution in [0.4, 0.5) is 0 Å². The maximum atomic E-state index is 5.75. The first-order valence-electron chi connectivity index (χ1n) is 6.33. The molecule has 1 unspecified atom stereocenters. The van der Waals surface area contributed by atoms with E-state index in [0.717, 1.165) is 13.1 Å². The summed E-state index contributed by atoms with van der Waals surface area (Å²) in [7, 11) is 2.22. The smallest absolute Gasteiger partial charge is 0.00641 e. The Morgan fingerprint density at radius 3 is 2.33 bits per heavy atom. The number of hydrogen-bond donors (Lipinski definition) is 1. The van der Waals surface area contributed by atoms with Crippen LogP contribution in [0.15, 0.2) is 0 Å². The van der Waals surface area contributed by atoms with Crippen molar-refractivity contribution >= 4 is 0 Å². The minimum Gasteiger partial charge on any atom is -0.330 e. The Balaban J connectivity index is 3.82. The van der Waals surface area contributed by atoms with Crippen LogP contribution in [0, 0.1) is 5.41 Å². The van der Waals surface area contributed by atoms with E-state index < -0.39 is 0 Å². The summed E-state index contributed by atoms with van der Waals surface area (Å²) >= 11 is 0. The summed E-state index contributed by atoms with van der Waals surface area (Å²) in [5.74, 6) is 0. The van der Waals surface area contributed by atoms with E-state index >= 15 is 0 Å². The van der Waals surface area contributed by atoms with Crippen LogP contribution >= 0.6 is 0 Å². The molecule has 0 aromatic carbocycles. The second kappa shape index (κ2) is 7.24. The molecule has 15 heavy (non-hydrogen) atoms. The molecule has 0 heterocycles. The minimum atomic E-state index is 0.244. The molecule has 0 bridgehead atoms. The Morgan fingerprint density at radius 1 is 1.27 bits per heavy atom. The average Bonchev–Trinajstić information content (AvgIpc) is 2.17. The summed E-state index contributed by atoms with van der Waals surface area (Å²) in [6, 6.07) is 0.683. The van der Waals surface area contributed by atoms with Crippen molar-refractivity contribution in [3.8, 4) is 0 Å². The normalized spacial score (nSPS) is 14.6. The fraction of sp³-hybridized carbons (Fsp3) is 1.00. The molecule has 0 rings (SSSR count). The third-order valence-corrected chi connectivity index (χ3v) is 3.21. The Hall–Kier alpha value is -0.0800. The van der Waals surface area contributed by atoms with Crippen molar-refractivity contribution in [2.24, 2.45) is 11.1 Å². The summed E-state index contributed by atoms with van der Waals surface area (Å²) in [5, 5.41) is 0. The lowest BCUT2D eigenvalue weighted by Gasteiger charge is -2.33. The monoisotopic (exact) mass is 214 g/mol. The van der Waals surface area contributed by atoms with Crippen molar-refractivity contribution in [1.29, 1.82) is 0 Å². The molecule has 0 aliphatic rings. The summed E-state index contributed by atoms with van der Waals surface area (Å²) in [5.41, 5.74) is 5.99. The zero-order chi connectivity index (χ0) is 11.9. The molecule has 0 aliphatic carbocycles. The Kier molecular flexibility index (Phi) is 7.20. The van der Waals surface area contributed by atoms with E-state index in [2.05, 4.69) is 39.6 Å². The lowest BCUT2D eigenvalue weighted by Crippen LogP contribution is -2.40. The van der Waals surface area contributed by atoms with Gasteiger partial charge in [-0.05, 0) is 32.4 Å². The summed E-state index contributed by atoms with van der Waals surface area (Å²) in [6.07, 6.45) is 5.33. The highest BCUT2D eigenvalue weighted by Gasteiger charge is 2.20. The van der Waals surface area contributed by atoms with Crippen molar-refractivity contribution in [2.75, 3.05) is 20.1 Å². The lowest BCUT2D eigenvalue weighted by molar-refractivity contribution is 0.165. The fourth-order valence-corrected chi connectivity index (χ4v) is 1.81. The fourth-order valence-electron chi connectivity index (χ4n) is 1.81. The van der Waals surface area contributed by atoms with Gasteiger partial charge in [-0.25, -0.2) is 0 Å². The number of nitrogens with two attached hydrogens (primary N) is 1. The molecule has 0 saturated carbocycles. The zero-order valence-corrected chi connectivity index (χ0v) is 11.3. The molecule has 2 nitrogen and oxygen atoms in total. The van der Waals surface area contributed by atoms with E-state index in [1.807, 2.05) is 0 Å². The molecule has 92 valence electrons. The lowest BCUT2D eigenvalue weighted by atomic mass is 9.92. The highest BCUT2D eigenvalue weighted by atomic mass is 15.1. The van der Waals surface area contributed by atoms with Crippen LogP contribution < -0.4 is 5.73 Å². The van der Waals surface area contributed by atoms with Gasteiger partial charge >= 0.3 is 0 Å². The second-order valence-electron chi connectivity index (χ2n) is 5.63. The van der Waals surface area contributed by atoms with Crippen molar-refractivity contribution in [1.82, 2.24) is 4.90 Å². The molecule has 0 spiro atoms. The van der Waals surface area contributed by atoms with E-state index in [1.165, 1.54) is 25.7 Å². The molecule has 0 aliphatic heterocycles. The first-order chi connectivity index (χ1) is 6.93. The van der Waals surface area contributed by atoms with Crippen LogP contribution in [0.2, 0.25) is 0 Å². The first kappa shape index (κ1) is 14.9. The number of hydrogen-bond acceptors (Lipinski definition) is 2. The van der Waals surface area contributed by atoms with Gasteiger partial charge in [-0.1, -0.05) is 40.0 Å². The molecule has 0 aromatic rings. The Bertz CT molecular complexity index is 155. The quantitative estimate of drug-likeness (QED) is 0.630. The molecular formula is C13H30N2. The van der Waals surface area contributed by atoms with Crippen LogP contribution in [0.1, 0.15) is 53.4 Å². The standard InChI is InChI=1S/C13H30N2/c1-6-7-8-9-12(2)15(5)11-13(3,4)10-14/h12H,6-11,14H2,1-5H3. The molecule has 2 N–H and O–H groups in total. The molecule has 2 heteroatoms. The van der Waals surface area contributed by atoms with Gasteiger partial charge in [0.1, 0.15) is 0 Å². The SMILES string of the molecule is CCCCCC(C)N(C)CC(C)(C)CN. The van der Waals surface area contributed by atoms with E-state index in [-0.39, 0.29) is 5.41 Å². The first-order valence-corrected chi connectivity index (χ1v) is 6.33. The average molecular weight is 214 g/mol. The summed E-state index contributed by atoms with van der Waals surface area (Å²) in [4.78, 5) is 2.45. The molecule has 1 atom stereocenters. The van der Waals surface area contributed by atoms with Crippen LogP contribution in [0.25, 0.3) is 0 Å². The molecule has 0 aromatic heterocycles. The second-order valence-corrected chi connectivity index (χ2v) is 5.63. The van der Waals surface area contributed by atoms with Crippen LogP contribution in [-0.4, -0.2) is 31.1 Å². The van der Waals surface area contributed by atoms with Gasteiger partial charge in [-0.3, -0.25) is 0 Å². The van der Waals surface area contributed by atoms with Gasteiger partial charge < -0.3 is 10.6 Å². The van der Waals surface area contributed by atoms with Gasteiger partial charge in [0.25, 0.3) is 0 Å². The Morgan fingerprint density at radius 2 is 1.87 bits per heavy atom. The van der Waals surface area contributed by atoms with Crippen molar-refractivity contribution in [2.45, 2.75) is 59.4 Å². The van der Waals surface area contributed by atoms with Crippen molar-refractivity contribution in [3.63, 3.8) is 0 Å².